The van der Waals surface area contributed by atoms with E-state index in [1.165, 1.54) is 5.56 Å². The second-order valence-electron chi connectivity index (χ2n) is 7.88. The first-order chi connectivity index (χ1) is 13.1. The number of rotatable bonds is 3. The predicted octanol–water partition coefficient (Wildman–Crippen LogP) is 1.80. The lowest BCUT2D eigenvalue weighted by atomic mass is 9.83. The maximum Gasteiger partial charge on any atom is 0.275 e. The van der Waals surface area contributed by atoms with E-state index >= 15 is 0 Å². The van der Waals surface area contributed by atoms with Crippen LogP contribution in [0.2, 0.25) is 0 Å². The minimum absolute atomic E-state index is 0.0527. The second-order valence-corrected chi connectivity index (χ2v) is 7.88. The highest BCUT2D eigenvalue weighted by Gasteiger charge is 2.50. The molecule has 0 N–H and O–H groups in total. The van der Waals surface area contributed by atoms with Gasteiger partial charge in [-0.15, -0.1) is 0 Å². The Kier molecular flexibility index (Phi) is 3.62. The molecular weight excluding hydrogens is 340 g/mol. The summed E-state index contributed by atoms with van der Waals surface area (Å²) in [5, 5.41) is 9.73. The molecule has 7 heteroatoms. The first-order valence-corrected chi connectivity index (χ1v) is 9.49. The molecule has 5 rings (SSSR count). The van der Waals surface area contributed by atoms with Crippen molar-refractivity contribution in [2.45, 2.75) is 24.9 Å². The highest BCUT2D eigenvalue weighted by atomic mass is 16.2. The molecule has 0 saturated carbocycles. The molecule has 27 heavy (non-hydrogen) atoms. The first-order valence-electron chi connectivity index (χ1n) is 9.49. The Labute approximate surface area is 158 Å². The predicted molar refractivity (Wildman–Crippen MR) is 102 cm³/mol. The van der Waals surface area contributed by atoms with Crippen molar-refractivity contribution in [1.29, 1.82) is 0 Å². The van der Waals surface area contributed by atoms with Crippen LogP contribution >= 0.6 is 0 Å². The second kappa shape index (κ2) is 5.92. The van der Waals surface area contributed by atoms with E-state index in [-0.39, 0.29) is 11.4 Å². The van der Waals surface area contributed by atoms with Crippen LogP contribution in [0.5, 0.6) is 0 Å². The summed E-state index contributed by atoms with van der Waals surface area (Å²) in [4.78, 5) is 17.7. The number of carbonyl (C=O) groups is 1. The zero-order valence-electron chi connectivity index (χ0n) is 15.8. The number of hydrogen-bond acceptors (Lipinski definition) is 4. The van der Waals surface area contributed by atoms with Gasteiger partial charge < -0.3 is 4.90 Å². The molecule has 2 aromatic heterocycles. The van der Waals surface area contributed by atoms with Gasteiger partial charge in [0.2, 0.25) is 0 Å². The molecule has 3 aromatic rings. The number of para-hydroxylation sites is 1. The zero-order valence-corrected chi connectivity index (χ0v) is 15.8. The SMILES string of the molecule is Cn1cc(CN2CCC23CCN(C(=O)c2nn(C)c4ccccc24)C3)cn1. The number of amides is 1. The van der Waals surface area contributed by atoms with Crippen molar-refractivity contribution >= 4 is 16.8 Å². The van der Waals surface area contributed by atoms with Gasteiger partial charge in [0, 0.05) is 63.0 Å². The van der Waals surface area contributed by atoms with Crippen molar-refractivity contribution in [2.24, 2.45) is 14.1 Å². The number of carbonyl (C=O) groups excluding carboxylic acids is 1. The summed E-state index contributed by atoms with van der Waals surface area (Å²) >= 11 is 0. The minimum Gasteiger partial charge on any atom is -0.335 e. The van der Waals surface area contributed by atoms with Crippen LogP contribution in [0, 0.1) is 0 Å². The summed E-state index contributed by atoms with van der Waals surface area (Å²) in [6, 6.07) is 7.94. The summed E-state index contributed by atoms with van der Waals surface area (Å²) in [6.07, 6.45) is 6.19. The van der Waals surface area contributed by atoms with Crippen LogP contribution in [0.15, 0.2) is 36.7 Å². The molecule has 2 aliphatic rings. The van der Waals surface area contributed by atoms with Gasteiger partial charge in [0.25, 0.3) is 5.91 Å². The van der Waals surface area contributed by atoms with Crippen LogP contribution in [0.25, 0.3) is 10.9 Å². The topological polar surface area (TPSA) is 59.2 Å². The van der Waals surface area contributed by atoms with Gasteiger partial charge in [-0.1, -0.05) is 18.2 Å². The third-order valence-electron chi connectivity index (χ3n) is 6.23. The van der Waals surface area contributed by atoms with E-state index in [1.54, 1.807) is 4.68 Å². The van der Waals surface area contributed by atoms with Crippen LogP contribution in [0.4, 0.5) is 0 Å². The van der Waals surface area contributed by atoms with E-state index in [2.05, 4.69) is 21.3 Å². The van der Waals surface area contributed by atoms with Gasteiger partial charge in [-0.05, 0) is 18.9 Å². The molecule has 4 heterocycles. The van der Waals surface area contributed by atoms with E-state index in [0.717, 1.165) is 49.9 Å². The van der Waals surface area contributed by atoms with E-state index in [1.807, 2.05) is 54.1 Å². The third kappa shape index (κ3) is 2.56. The summed E-state index contributed by atoms with van der Waals surface area (Å²) in [6.45, 7) is 3.58. The summed E-state index contributed by atoms with van der Waals surface area (Å²) in [5.41, 5.74) is 2.92. The average Bonchev–Trinajstić information content (AvgIpc) is 3.37. The van der Waals surface area contributed by atoms with Gasteiger partial charge in [-0.2, -0.15) is 10.2 Å². The highest BCUT2D eigenvalue weighted by Crippen LogP contribution is 2.40. The van der Waals surface area contributed by atoms with Gasteiger partial charge in [0.05, 0.1) is 11.7 Å². The van der Waals surface area contributed by atoms with E-state index < -0.39 is 0 Å². The van der Waals surface area contributed by atoms with E-state index in [4.69, 9.17) is 0 Å². The van der Waals surface area contributed by atoms with Crippen molar-refractivity contribution in [3.63, 3.8) is 0 Å². The van der Waals surface area contributed by atoms with E-state index in [0.29, 0.717) is 5.69 Å². The number of likely N-dealkylation sites (tertiary alicyclic amines) is 2. The summed E-state index contributed by atoms with van der Waals surface area (Å²) in [7, 11) is 3.84. The molecule has 0 aliphatic carbocycles. The van der Waals surface area contributed by atoms with Gasteiger partial charge in [0.15, 0.2) is 5.69 Å². The van der Waals surface area contributed by atoms with Gasteiger partial charge in [0.1, 0.15) is 0 Å². The van der Waals surface area contributed by atoms with Crippen LogP contribution in [-0.2, 0) is 20.6 Å². The van der Waals surface area contributed by atoms with Crippen molar-refractivity contribution < 1.29 is 4.79 Å². The Morgan fingerprint density at radius 3 is 2.74 bits per heavy atom. The Hall–Kier alpha value is -2.67. The molecular formula is C20H24N6O. The number of benzene rings is 1. The Balaban J connectivity index is 1.35. The highest BCUT2D eigenvalue weighted by molar-refractivity contribution is 6.05. The molecule has 140 valence electrons. The van der Waals surface area contributed by atoms with Gasteiger partial charge >= 0.3 is 0 Å². The molecule has 0 radical (unpaired) electrons. The van der Waals surface area contributed by atoms with Crippen molar-refractivity contribution in [2.75, 3.05) is 19.6 Å². The van der Waals surface area contributed by atoms with Crippen LogP contribution in [-0.4, -0.2) is 60.4 Å². The molecule has 1 spiro atoms. The van der Waals surface area contributed by atoms with Crippen LogP contribution < -0.4 is 0 Å². The van der Waals surface area contributed by atoms with Gasteiger partial charge in [-0.25, -0.2) is 0 Å². The molecule has 2 fully saturated rings. The zero-order chi connectivity index (χ0) is 18.6. The normalized spacial score (nSPS) is 22.7. The largest absolute Gasteiger partial charge is 0.335 e. The smallest absolute Gasteiger partial charge is 0.275 e. The van der Waals surface area contributed by atoms with Crippen LogP contribution in [0.3, 0.4) is 0 Å². The molecule has 1 aromatic carbocycles. The standard InChI is InChI=1S/C20H24N6O/c1-23-12-15(11-21-23)13-26-10-8-20(26)7-9-25(14-20)19(27)18-16-5-3-4-6-17(16)24(2)22-18/h3-6,11-12H,7-10,13-14H2,1-2H3. The lowest BCUT2D eigenvalue weighted by molar-refractivity contribution is -0.0131. The molecule has 7 nitrogen and oxygen atoms in total. The number of aromatic nitrogens is 4. The maximum absolute atomic E-state index is 13.2. The molecule has 2 saturated heterocycles. The van der Waals surface area contributed by atoms with Crippen molar-refractivity contribution in [1.82, 2.24) is 29.4 Å². The fraction of sp³-hybridized carbons (Fsp3) is 0.450. The number of aryl methyl sites for hydroxylation is 2. The molecule has 0 bridgehead atoms. The Morgan fingerprint density at radius 2 is 2.00 bits per heavy atom. The van der Waals surface area contributed by atoms with Crippen molar-refractivity contribution in [3.8, 4) is 0 Å². The monoisotopic (exact) mass is 364 g/mol. The fourth-order valence-corrected chi connectivity index (χ4v) is 4.62. The molecule has 1 unspecified atom stereocenters. The lowest BCUT2D eigenvalue weighted by Crippen LogP contribution is -2.60. The third-order valence-corrected chi connectivity index (χ3v) is 6.23. The van der Waals surface area contributed by atoms with Crippen LogP contribution in [0.1, 0.15) is 28.9 Å². The number of fused-ring (bicyclic) bond motifs is 1. The fourth-order valence-electron chi connectivity index (χ4n) is 4.62. The molecule has 1 amide bonds. The van der Waals surface area contributed by atoms with E-state index in [9.17, 15) is 4.79 Å². The quantitative estimate of drug-likeness (QED) is 0.711. The Bertz CT molecular complexity index is 1020. The minimum atomic E-state index is 0.0527. The first kappa shape index (κ1) is 16.5. The molecule has 2 aliphatic heterocycles. The lowest BCUT2D eigenvalue weighted by Gasteiger charge is -2.50. The molecule has 1 atom stereocenters. The summed E-state index contributed by atoms with van der Waals surface area (Å²) in [5.74, 6) is 0.0527. The number of hydrogen-bond donors (Lipinski definition) is 0. The summed E-state index contributed by atoms with van der Waals surface area (Å²) < 4.78 is 3.64. The number of nitrogens with zero attached hydrogens (tertiary/aromatic N) is 6. The van der Waals surface area contributed by atoms with Gasteiger partial charge in [-0.3, -0.25) is 19.1 Å². The average molecular weight is 364 g/mol. The van der Waals surface area contributed by atoms with Crippen molar-refractivity contribution in [3.05, 3.63) is 47.9 Å². The Morgan fingerprint density at radius 1 is 1.19 bits per heavy atom. The maximum atomic E-state index is 13.2.